The zero-order valence-electron chi connectivity index (χ0n) is 14.4. The third-order valence-corrected chi connectivity index (χ3v) is 4.52. The van der Waals surface area contributed by atoms with Crippen LogP contribution < -0.4 is 4.74 Å². The van der Waals surface area contributed by atoms with E-state index in [0.29, 0.717) is 24.7 Å². The number of rotatable bonds is 5. The monoisotopic (exact) mass is 353 g/mol. The molecule has 1 aromatic carbocycles. The summed E-state index contributed by atoms with van der Waals surface area (Å²) in [4.78, 5) is 18.5. The summed E-state index contributed by atoms with van der Waals surface area (Å²) in [6.45, 7) is 1.41. The fraction of sp³-hybridized carbons (Fsp3) is 0.316. The van der Waals surface area contributed by atoms with Crippen LogP contribution in [0.5, 0.6) is 5.75 Å². The van der Waals surface area contributed by atoms with Gasteiger partial charge in [0.15, 0.2) is 11.5 Å². The van der Waals surface area contributed by atoms with Crippen LogP contribution in [0, 0.1) is 0 Å². The Labute approximate surface area is 150 Å². The second-order valence-electron chi connectivity index (χ2n) is 6.23. The predicted molar refractivity (Wildman–Crippen MR) is 93.9 cm³/mol. The van der Waals surface area contributed by atoms with Crippen molar-refractivity contribution in [2.24, 2.45) is 0 Å². The van der Waals surface area contributed by atoms with Crippen molar-refractivity contribution in [3.63, 3.8) is 0 Å². The first-order valence-electron chi connectivity index (χ1n) is 8.49. The minimum atomic E-state index is -0.178. The lowest BCUT2D eigenvalue weighted by molar-refractivity contribution is 0.0700. The molecular formula is C19H19N3O4. The van der Waals surface area contributed by atoms with Gasteiger partial charge in [-0.2, -0.15) is 0 Å². The van der Waals surface area contributed by atoms with Gasteiger partial charge in [0, 0.05) is 31.3 Å². The highest BCUT2D eigenvalue weighted by atomic mass is 16.5. The Morgan fingerprint density at radius 1 is 1.35 bits per heavy atom. The van der Waals surface area contributed by atoms with Crippen molar-refractivity contribution in [3.8, 4) is 5.75 Å². The molecule has 3 aromatic rings. The van der Waals surface area contributed by atoms with Gasteiger partial charge in [0.1, 0.15) is 17.9 Å². The number of ether oxygens (including phenoxy) is 2. The zero-order chi connectivity index (χ0) is 17.9. The normalized spacial score (nSPS) is 16.7. The first-order valence-corrected chi connectivity index (χ1v) is 8.49. The smallest absolute Gasteiger partial charge is 0.276 e. The van der Waals surface area contributed by atoms with E-state index in [1.54, 1.807) is 24.2 Å². The maximum absolute atomic E-state index is 12.5. The molecule has 0 saturated carbocycles. The Balaban J connectivity index is 1.44. The van der Waals surface area contributed by atoms with Gasteiger partial charge in [-0.05, 0) is 18.6 Å². The topological polar surface area (TPSA) is 77.7 Å². The number of nitrogens with zero attached hydrogens (tertiary/aromatic N) is 3. The minimum Gasteiger partial charge on any atom is -0.483 e. The summed E-state index contributed by atoms with van der Waals surface area (Å²) in [6, 6.07) is 11.3. The van der Waals surface area contributed by atoms with Crippen molar-refractivity contribution in [3.05, 3.63) is 54.0 Å². The van der Waals surface area contributed by atoms with Crippen LogP contribution in [0.25, 0.3) is 10.9 Å². The van der Waals surface area contributed by atoms with Gasteiger partial charge in [0.2, 0.25) is 0 Å². The molecule has 1 amide bonds. The van der Waals surface area contributed by atoms with Crippen LogP contribution in [0.15, 0.2) is 47.1 Å². The molecule has 3 heterocycles. The molecule has 0 N–H and O–H groups in total. The predicted octanol–water partition coefficient (Wildman–Crippen LogP) is 2.66. The number of hydrogen-bond acceptors (Lipinski definition) is 6. The van der Waals surface area contributed by atoms with Gasteiger partial charge in [-0.15, -0.1) is 0 Å². The molecule has 26 heavy (non-hydrogen) atoms. The summed E-state index contributed by atoms with van der Waals surface area (Å²) in [5.41, 5.74) is 1.06. The van der Waals surface area contributed by atoms with Crippen molar-refractivity contribution >= 4 is 16.8 Å². The van der Waals surface area contributed by atoms with Crippen molar-refractivity contribution in [1.82, 2.24) is 15.0 Å². The molecule has 0 aliphatic carbocycles. The highest BCUT2D eigenvalue weighted by Crippen LogP contribution is 2.24. The quantitative estimate of drug-likeness (QED) is 0.702. The lowest BCUT2D eigenvalue weighted by Gasteiger charge is -2.21. The van der Waals surface area contributed by atoms with Crippen LogP contribution >= 0.6 is 0 Å². The van der Waals surface area contributed by atoms with E-state index in [9.17, 15) is 4.79 Å². The zero-order valence-corrected chi connectivity index (χ0v) is 14.4. The van der Waals surface area contributed by atoms with Gasteiger partial charge in [-0.1, -0.05) is 23.4 Å². The minimum absolute atomic E-state index is 0.0839. The summed E-state index contributed by atoms with van der Waals surface area (Å²) in [5.74, 6) is 0.965. The van der Waals surface area contributed by atoms with E-state index in [0.717, 1.165) is 17.3 Å². The Kier molecular flexibility index (Phi) is 4.53. The largest absolute Gasteiger partial charge is 0.483 e. The van der Waals surface area contributed by atoms with Crippen LogP contribution in [-0.2, 0) is 11.3 Å². The second-order valence-corrected chi connectivity index (χ2v) is 6.23. The SMILES string of the molecule is CN(C(=O)c1cc(COc2cccc3cccnc23)on1)[C@@H]1CCOC1. The van der Waals surface area contributed by atoms with Crippen molar-refractivity contribution in [2.45, 2.75) is 19.1 Å². The van der Waals surface area contributed by atoms with Crippen LogP contribution in [0.2, 0.25) is 0 Å². The molecule has 1 fully saturated rings. The Morgan fingerprint density at radius 3 is 3.08 bits per heavy atom. The average molecular weight is 353 g/mol. The van der Waals surface area contributed by atoms with E-state index in [1.165, 1.54) is 0 Å². The number of benzene rings is 1. The van der Waals surface area contributed by atoms with Gasteiger partial charge in [0.25, 0.3) is 5.91 Å². The van der Waals surface area contributed by atoms with E-state index in [-0.39, 0.29) is 24.2 Å². The lowest BCUT2D eigenvalue weighted by Crippen LogP contribution is -2.37. The Bertz CT molecular complexity index is 913. The molecule has 4 rings (SSSR count). The van der Waals surface area contributed by atoms with E-state index in [1.807, 2.05) is 30.3 Å². The van der Waals surface area contributed by atoms with Gasteiger partial charge in [-0.3, -0.25) is 9.78 Å². The summed E-state index contributed by atoms with van der Waals surface area (Å²) < 4.78 is 16.4. The highest BCUT2D eigenvalue weighted by molar-refractivity contribution is 5.92. The molecule has 0 radical (unpaired) electrons. The van der Waals surface area contributed by atoms with Gasteiger partial charge in [-0.25, -0.2) is 0 Å². The molecular weight excluding hydrogens is 334 g/mol. The molecule has 1 atom stereocenters. The summed E-state index contributed by atoms with van der Waals surface area (Å²) >= 11 is 0. The van der Waals surface area contributed by atoms with E-state index in [2.05, 4.69) is 10.1 Å². The molecule has 134 valence electrons. The summed E-state index contributed by atoms with van der Waals surface area (Å²) in [6.07, 6.45) is 2.56. The lowest BCUT2D eigenvalue weighted by atomic mass is 10.2. The van der Waals surface area contributed by atoms with Crippen molar-refractivity contribution in [2.75, 3.05) is 20.3 Å². The van der Waals surface area contributed by atoms with Crippen LogP contribution in [-0.4, -0.2) is 47.3 Å². The first kappa shape index (κ1) is 16.5. The number of amides is 1. The number of pyridine rings is 1. The molecule has 2 aromatic heterocycles. The number of carbonyl (C=O) groups excluding carboxylic acids is 1. The highest BCUT2D eigenvalue weighted by Gasteiger charge is 2.26. The van der Waals surface area contributed by atoms with Gasteiger partial charge >= 0.3 is 0 Å². The molecule has 1 aliphatic rings. The van der Waals surface area contributed by atoms with Crippen LogP contribution in [0.3, 0.4) is 0 Å². The Hall–Kier alpha value is -2.93. The fourth-order valence-corrected chi connectivity index (χ4v) is 3.00. The van der Waals surface area contributed by atoms with Crippen molar-refractivity contribution in [1.29, 1.82) is 0 Å². The Morgan fingerprint density at radius 2 is 2.23 bits per heavy atom. The molecule has 1 aliphatic heterocycles. The molecule has 0 spiro atoms. The number of hydrogen-bond donors (Lipinski definition) is 0. The van der Waals surface area contributed by atoms with Gasteiger partial charge < -0.3 is 18.9 Å². The third kappa shape index (κ3) is 3.25. The number of aromatic nitrogens is 2. The van der Waals surface area contributed by atoms with Gasteiger partial charge in [0.05, 0.1) is 12.6 Å². The molecule has 1 saturated heterocycles. The van der Waals surface area contributed by atoms with E-state index in [4.69, 9.17) is 14.0 Å². The molecule has 0 bridgehead atoms. The molecule has 7 nitrogen and oxygen atoms in total. The molecule has 7 heteroatoms. The summed E-state index contributed by atoms with van der Waals surface area (Å²) in [5, 5.41) is 4.88. The number of para-hydroxylation sites is 1. The maximum Gasteiger partial charge on any atom is 0.276 e. The van der Waals surface area contributed by atoms with E-state index < -0.39 is 0 Å². The number of fused-ring (bicyclic) bond motifs is 1. The number of likely N-dealkylation sites (N-methyl/N-ethyl adjacent to an activating group) is 1. The van der Waals surface area contributed by atoms with Crippen LogP contribution in [0.4, 0.5) is 0 Å². The van der Waals surface area contributed by atoms with Crippen molar-refractivity contribution < 1.29 is 18.8 Å². The standard InChI is InChI=1S/C19H19N3O4/c1-22(14-7-9-24-11-14)19(23)16-10-15(26-21-16)12-25-17-6-2-4-13-5-3-8-20-18(13)17/h2-6,8,10,14H,7,9,11-12H2,1H3/t14-/m1/s1. The summed E-state index contributed by atoms with van der Waals surface area (Å²) in [7, 11) is 1.76. The third-order valence-electron chi connectivity index (χ3n) is 4.52. The fourth-order valence-electron chi connectivity index (χ4n) is 3.00. The second kappa shape index (κ2) is 7.13. The maximum atomic E-state index is 12.5. The van der Waals surface area contributed by atoms with Crippen LogP contribution in [0.1, 0.15) is 22.7 Å². The first-order chi connectivity index (χ1) is 12.7. The molecule has 0 unspecified atom stereocenters. The van der Waals surface area contributed by atoms with E-state index >= 15 is 0 Å². The number of carbonyl (C=O) groups is 1. The average Bonchev–Trinajstić information content (AvgIpc) is 3.37.